The van der Waals surface area contributed by atoms with E-state index in [1.807, 2.05) is 36.4 Å². The van der Waals surface area contributed by atoms with Crippen molar-refractivity contribution >= 4 is 33.1 Å². The molecule has 0 radical (unpaired) electrons. The highest BCUT2D eigenvalue weighted by molar-refractivity contribution is 7.90. The van der Waals surface area contributed by atoms with Gasteiger partial charge in [-0.25, -0.2) is 12.4 Å². The predicted octanol–water partition coefficient (Wildman–Crippen LogP) is 3.63. The zero-order valence-corrected chi connectivity index (χ0v) is 14.6. The van der Waals surface area contributed by atoms with Gasteiger partial charge < -0.3 is 5.73 Å². The first-order chi connectivity index (χ1) is 12.0. The van der Waals surface area contributed by atoms with Crippen molar-refractivity contribution < 1.29 is 8.42 Å². The van der Waals surface area contributed by atoms with E-state index in [4.69, 9.17) is 5.73 Å². The molecule has 0 atom stereocenters. The van der Waals surface area contributed by atoms with Crippen LogP contribution in [0.4, 0.5) is 0 Å². The molecule has 1 aromatic heterocycles. The molecule has 0 spiro atoms. The highest BCUT2D eigenvalue weighted by Crippen LogP contribution is 2.22. The molecule has 0 aliphatic heterocycles. The lowest BCUT2D eigenvalue weighted by Crippen LogP contribution is -2.14. The summed E-state index contributed by atoms with van der Waals surface area (Å²) in [4.78, 5) is 0. The third kappa shape index (κ3) is 3.57. The highest BCUT2D eigenvalue weighted by atomic mass is 32.2. The van der Waals surface area contributed by atoms with Crippen LogP contribution in [0.3, 0.4) is 0 Å². The summed E-state index contributed by atoms with van der Waals surface area (Å²) in [7, 11) is -3.48. The van der Waals surface area contributed by atoms with Gasteiger partial charge in [-0.15, -0.1) is 0 Å². The largest absolute Gasteiger partial charge is 0.326 e. The van der Waals surface area contributed by atoms with Crippen molar-refractivity contribution in [2.24, 2.45) is 5.73 Å². The van der Waals surface area contributed by atoms with E-state index < -0.39 is 10.0 Å². The molecule has 2 aromatic carbocycles. The van der Waals surface area contributed by atoms with Crippen LogP contribution in [-0.4, -0.2) is 18.1 Å². The summed E-state index contributed by atoms with van der Waals surface area (Å²) in [6.07, 6.45) is 6.79. The quantitative estimate of drug-likeness (QED) is 0.737. The Bertz CT molecular complexity index is 1030. The average Bonchev–Trinajstić information content (AvgIpc) is 3.07. The summed E-state index contributed by atoms with van der Waals surface area (Å²) in [6, 6.07) is 15.1. The minimum absolute atomic E-state index is 0.0757. The zero-order chi connectivity index (χ0) is 17.9. The van der Waals surface area contributed by atoms with Crippen molar-refractivity contribution in [2.45, 2.75) is 6.54 Å². The van der Waals surface area contributed by atoms with Crippen LogP contribution in [0.25, 0.3) is 23.1 Å². The van der Waals surface area contributed by atoms with Crippen molar-refractivity contribution in [2.75, 3.05) is 5.75 Å². The Morgan fingerprint density at radius 2 is 1.84 bits per heavy atom. The molecule has 0 fully saturated rings. The molecule has 25 heavy (non-hydrogen) atoms. The Balaban J connectivity index is 1.84. The number of hydrogen-bond donors (Lipinski definition) is 1. The smallest absolute Gasteiger partial charge is 0.242 e. The van der Waals surface area contributed by atoms with Gasteiger partial charge in [-0.05, 0) is 28.8 Å². The molecule has 0 aliphatic carbocycles. The van der Waals surface area contributed by atoms with E-state index in [0.717, 1.165) is 22.1 Å². The Hall–Kier alpha value is -2.63. The first kappa shape index (κ1) is 17.2. The van der Waals surface area contributed by atoms with Gasteiger partial charge in [-0.1, -0.05) is 61.2 Å². The lowest BCUT2D eigenvalue weighted by Gasteiger charge is -2.06. The molecular formula is C20H20N2O2S. The molecule has 2 N–H and O–H groups in total. The minimum Gasteiger partial charge on any atom is -0.326 e. The van der Waals surface area contributed by atoms with Gasteiger partial charge in [0.1, 0.15) is 0 Å². The maximum atomic E-state index is 12.7. The van der Waals surface area contributed by atoms with E-state index in [2.05, 4.69) is 6.58 Å². The SMILES string of the molecule is C=Cc1cccc2c1ccn2S(=O)(=O)CC=Cc1ccc(CN)cc1. The topological polar surface area (TPSA) is 65.1 Å². The third-order valence-corrected chi connectivity index (χ3v) is 5.61. The van der Waals surface area contributed by atoms with Crippen LogP contribution in [0.5, 0.6) is 0 Å². The predicted molar refractivity (Wildman–Crippen MR) is 105 cm³/mol. The number of benzene rings is 2. The Morgan fingerprint density at radius 1 is 1.08 bits per heavy atom. The lowest BCUT2D eigenvalue weighted by molar-refractivity contribution is 0.592. The molecule has 0 aliphatic rings. The van der Waals surface area contributed by atoms with Gasteiger partial charge in [0.15, 0.2) is 0 Å². The second kappa shape index (κ2) is 7.09. The summed E-state index contributed by atoms with van der Waals surface area (Å²) in [5, 5.41) is 0.877. The van der Waals surface area contributed by atoms with Crippen LogP contribution in [-0.2, 0) is 16.6 Å². The second-order valence-electron chi connectivity index (χ2n) is 5.72. The van der Waals surface area contributed by atoms with E-state index >= 15 is 0 Å². The summed E-state index contributed by atoms with van der Waals surface area (Å²) < 4.78 is 26.7. The van der Waals surface area contributed by atoms with E-state index in [9.17, 15) is 8.42 Å². The second-order valence-corrected chi connectivity index (χ2v) is 7.61. The molecule has 0 saturated carbocycles. The fourth-order valence-electron chi connectivity index (χ4n) is 2.74. The third-order valence-electron chi connectivity index (χ3n) is 4.08. The van der Waals surface area contributed by atoms with E-state index in [1.54, 1.807) is 36.6 Å². The first-order valence-electron chi connectivity index (χ1n) is 7.96. The van der Waals surface area contributed by atoms with Gasteiger partial charge >= 0.3 is 0 Å². The molecular weight excluding hydrogens is 332 g/mol. The van der Waals surface area contributed by atoms with Gasteiger partial charge in [0.05, 0.1) is 11.3 Å². The fraction of sp³-hybridized carbons (Fsp3) is 0.100. The van der Waals surface area contributed by atoms with Crippen LogP contribution in [0.1, 0.15) is 16.7 Å². The minimum atomic E-state index is -3.48. The molecule has 1 heterocycles. The van der Waals surface area contributed by atoms with Crippen molar-refractivity contribution in [1.82, 2.24) is 3.97 Å². The number of nitrogens with zero attached hydrogens (tertiary/aromatic N) is 1. The molecule has 0 unspecified atom stereocenters. The van der Waals surface area contributed by atoms with Crippen molar-refractivity contribution in [3.8, 4) is 0 Å². The Labute approximate surface area is 148 Å². The van der Waals surface area contributed by atoms with Crippen molar-refractivity contribution in [3.63, 3.8) is 0 Å². The summed E-state index contributed by atoms with van der Waals surface area (Å²) in [6.45, 7) is 4.26. The van der Waals surface area contributed by atoms with Crippen LogP contribution in [0, 0.1) is 0 Å². The van der Waals surface area contributed by atoms with E-state index in [0.29, 0.717) is 12.1 Å². The van der Waals surface area contributed by atoms with Crippen LogP contribution in [0.2, 0.25) is 0 Å². The highest BCUT2D eigenvalue weighted by Gasteiger charge is 2.14. The molecule has 0 saturated heterocycles. The molecule has 3 rings (SSSR count). The Kier molecular flexibility index (Phi) is 4.88. The van der Waals surface area contributed by atoms with Crippen LogP contribution in [0.15, 0.2) is 67.4 Å². The molecule has 3 aromatic rings. The standard InChI is InChI=1S/C20H20N2O2S/c1-2-18-6-3-7-20-19(18)12-13-22(20)25(23,24)14-4-5-16-8-10-17(15-21)11-9-16/h2-13H,1,14-15,21H2. The van der Waals surface area contributed by atoms with Gasteiger partial charge in [-0.3, -0.25) is 0 Å². The number of rotatable bonds is 6. The average molecular weight is 352 g/mol. The van der Waals surface area contributed by atoms with Gasteiger partial charge in [0.2, 0.25) is 10.0 Å². The summed E-state index contributed by atoms with van der Waals surface area (Å²) >= 11 is 0. The van der Waals surface area contributed by atoms with Crippen LogP contribution >= 0.6 is 0 Å². The van der Waals surface area contributed by atoms with Crippen molar-refractivity contribution in [1.29, 1.82) is 0 Å². The number of aromatic nitrogens is 1. The number of nitrogens with two attached hydrogens (primary N) is 1. The summed E-state index contributed by atoms with van der Waals surface area (Å²) in [5.74, 6) is -0.0757. The normalized spacial score (nSPS) is 12.0. The fourth-order valence-corrected chi connectivity index (χ4v) is 3.94. The van der Waals surface area contributed by atoms with Gasteiger partial charge in [0.25, 0.3) is 0 Å². The number of hydrogen-bond acceptors (Lipinski definition) is 3. The summed E-state index contributed by atoms with van der Waals surface area (Å²) in [5.41, 5.74) is 9.14. The molecule has 4 nitrogen and oxygen atoms in total. The maximum absolute atomic E-state index is 12.7. The Morgan fingerprint density at radius 3 is 2.52 bits per heavy atom. The zero-order valence-electron chi connectivity index (χ0n) is 13.8. The number of fused-ring (bicyclic) bond motifs is 1. The monoisotopic (exact) mass is 352 g/mol. The van der Waals surface area contributed by atoms with Crippen LogP contribution < -0.4 is 5.73 Å². The van der Waals surface area contributed by atoms with E-state index in [-0.39, 0.29) is 5.75 Å². The molecule has 0 bridgehead atoms. The lowest BCUT2D eigenvalue weighted by atomic mass is 10.1. The van der Waals surface area contributed by atoms with Gasteiger partial charge in [-0.2, -0.15) is 0 Å². The molecule has 5 heteroatoms. The first-order valence-corrected chi connectivity index (χ1v) is 9.57. The maximum Gasteiger partial charge on any atom is 0.242 e. The van der Waals surface area contributed by atoms with E-state index in [1.165, 1.54) is 3.97 Å². The van der Waals surface area contributed by atoms with Gasteiger partial charge in [0, 0.05) is 18.1 Å². The molecule has 0 amide bonds. The van der Waals surface area contributed by atoms with Crippen molar-refractivity contribution in [3.05, 3.63) is 84.1 Å². The molecule has 128 valence electrons.